The van der Waals surface area contributed by atoms with Gasteiger partial charge in [0.05, 0.1) is 0 Å². The quantitative estimate of drug-likeness (QED) is 0.924. The van der Waals surface area contributed by atoms with Crippen LogP contribution in [0.15, 0.2) is 24.3 Å². The molecular weight excluding hydrogens is 260 g/mol. The SMILES string of the molecule is CCc1ccccc1C(=O)N(C)[C@@H]1CCCNC1.Cl. The molecule has 3 nitrogen and oxygen atoms in total. The Morgan fingerprint density at radius 3 is 2.79 bits per heavy atom. The molecule has 1 atom stereocenters. The second kappa shape index (κ2) is 7.51. The molecule has 1 aromatic carbocycles. The zero-order chi connectivity index (χ0) is 13.0. The summed E-state index contributed by atoms with van der Waals surface area (Å²) < 4.78 is 0. The van der Waals surface area contributed by atoms with Crippen molar-refractivity contribution in [1.29, 1.82) is 0 Å². The lowest BCUT2D eigenvalue weighted by atomic mass is 10.0. The molecule has 0 radical (unpaired) electrons. The fraction of sp³-hybridized carbons (Fsp3) is 0.533. The predicted molar refractivity (Wildman–Crippen MR) is 81.1 cm³/mol. The van der Waals surface area contributed by atoms with Crippen LogP contribution in [0.4, 0.5) is 0 Å². The van der Waals surface area contributed by atoms with Gasteiger partial charge in [0.1, 0.15) is 0 Å². The van der Waals surface area contributed by atoms with E-state index in [2.05, 4.69) is 12.2 Å². The molecule has 1 aliphatic rings. The number of aryl methyl sites for hydroxylation is 1. The van der Waals surface area contributed by atoms with Gasteiger partial charge in [-0.3, -0.25) is 4.79 Å². The number of nitrogens with one attached hydrogen (secondary N) is 1. The first kappa shape index (κ1) is 16.0. The molecule has 19 heavy (non-hydrogen) atoms. The molecule has 106 valence electrons. The van der Waals surface area contributed by atoms with Crippen LogP contribution in [-0.4, -0.2) is 37.0 Å². The molecule has 0 saturated carbocycles. The van der Waals surface area contributed by atoms with E-state index in [-0.39, 0.29) is 18.3 Å². The number of carbonyl (C=O) groups is 1. The Kier molecular flexibility index (Phi) is 6.32. The zero-order valence-electron chi connectivity index (χ0n) is 11.7. The third kappa shape index (κ3) is 3.71. The van der Waals surface area contributed by atoms with Crippen molar-refractivity contribution in [3.8, 4) is 0 Å². The Morgan fingerprint density at radius 1 is 1.42 bits per heavy atom. The number of hydrogen-bond acceptors (Lipinski definition) is 2. The van der Waals surface area contributed by atoms with Gasteiger partial charge >= 0.3 is 0 Å². The van der Waals surface area contributed by atoms with Gasteiger partial charge in [0.15, 0.2) is 0 Å². The zero-order valence-corrected chi connectivity index (χ0v) is 12.5. The summed E-state index contributed by atoms with van der Waals surface area (Å²) in [6.07, 6.45) is 3.15. The fourth-order valence-corrected chi connectivity index (χ4v) is 2.56. The number of likely N-dealkylation sites (N-methyl/N-ethyl adjacent to an activating group) is 1. The van der Waals surface area contributed by atoms with E-state index in [9.17, 15) is 4.79 Å². The average Bonchev–Trinajstić information content (AvgIpc) is 2.46. The second-order valence-electron chi connectivity index (χ2n) is 4.93. The minimum Gasteiger partial charge on any atom is -0.337 e. The lowest BCUT2D eigenvalue weighted by molar-refractivity contribution is 0.0707. The maximum Gasteiger partial charge on any atom is 0.254 e. The Balaban J connectivity index is 0.00000180. The fourth-order valence-electron chi connectivity index (χ4n) is 2.56. The van der Waals surface area contributed by atoms with E-state index in [0.29, 0.717) is 6.04 Å². The van der Waals surface area contributed by atoms with Crippen LogP contribution in [0, 0.1) is 0 Å². The first-order valence-electron chi connectivity index (χ1n) is 6.79. The van der Waals surface area contributed by atoms with Crippen LogP contribution in [-0.2, 0) is 6.42 Å². The Bertz CT molecular complexity index is 416. The van der Waals surface area contributed by atoms with E-state index in [1.807, 2.05) is 36.2 Å². The molecular formula is C15H23ClN2O. The molecule has 1 saturated heterocycles. The first-order chi connectivity index (χ1) is 8.74. The summed E-state index contributed by atoms with van der Waals surface area (Å²) in [5.41, 5.74) is 1.99. The lowest BCUT2D eigenvalue weighted by Crippen LogP contribution is -2.46. The van der Waals surface area contributed by atoms with E-state index in [1.165, 1.54) is 0 Å². The van der Waals surface area contributed by atoms with E-state index >= 15 is 0 Å². The van der Waals surface area contributed by atoms with Crippen LogP contribution in [0.1, 0.15) is 35.7 Å². The van der Waals surface area contributed by atoms with Gasteiger partial charge in [-0.1, -0.05) is 25.1 Å². The Morgan fingerprint density at radius 2 is 2.16 bits per heavy atom. The van der Waals surface area contributed by atoms with Crippen molar-refractivity contribution in [1.82, 2.24) is 10.2 Å². The molecule has 2 rings (SSSR count). The molecule has 0 aliphatic carbocycles. The van der Waals surface area contributed by atoms with Crippen LogP contribution in [0.2, 0.25) is 0 Å². The lowest BCUT2D eigenvalue weighted by Gasteiger charge is -2.32. The standard InChI is InChI=1S/C15H22N2O.ClH/c1-3-12-7-4-5-9-14(12)15(18)17(2)13-8-6-10-16-11-13;/h4-5,7,9,13,16H,3,6,8,10-11H2,1-2H3;1H/t13-;/m1./s1. The van der Waals surface area contributed by atoms with Crippen molar-refractivity contribution in [2.75, 3.05) is 20.1 Å². The van der Waals surface area contributed by atoms with Gasteiger partial charge in [0.25, 0.3) is 5.91 Å². The van der Waals surface area contributed by atoms with Gasteiger partial charge in [0.2, 0.25) is 0 Å². The van der Waals surface area contributed by atoms with Crippen LogP contribution in [0.25, 0.3) is 0 Å². The minimum absolute atomic E-state index is 0. The highest BCUT2D eigenvalue weighted by molar-refractivity contribution is 5.95. The van der Waals surface area contributed by atoms with E-state index in [1.54, 1.807) is 0 Å². The van der Waals surface area contributed by atoms with E-state index in [0.717, 1.165) is 43.5 Å². The molecule has 1 aliphatic heterocycles. The molecule has 1 N–H and O–H groups in total. The first-order valence-corrected chi connectivity index (χ1v) is 6.79. The highest BCUT2D eigenvalue weighted by Crippen LogP contribution is 2.16. The number of amides is 1. The predicted octanol–water partition coefficient (Wildman–Crippen LogP) is 2.49. The highest BCUT2D eigenvalue weighted by Gasteiger charge is 2.23. The van der Waals surface area contributed by atoms with E-state index in [4.69, 9.17) is 0 Å². The van der Waals surface area contributed by atoms with Gasteiger partial charge in [-0.25, -0.2) is 0 Å². The number of benzene rings is 1. The third-order valence-corrected chi connectivity index (χ3v) is 3.77. The summed E-state index contributed by atoms with van der Waals surface area (Å²) in [5.74, 6) is 0.154. The monoisotopic (exact) mass is 282 g/mol. The topological polar surface area (TPSA) is 32.3 Å². The summed E-state index contributed by atoms with van der Waals surface area (Å²) in [6, 6.07) is 8.25. The number of halogens is 1. The third-order valence-electron chi connectivity index (χ3n) is 3.77. The Labute approximate surface area is 121 Å². The largest absolute Gasteiger partial charge is 0.337 e. The van der Waals surface area contributed by atoms with Gasteiger partial charge in [0, 0.05) is 25.2 Å². The maximum atomic E-state index is 12.5. The van der Waals surface area contributed by atoms with E-state index < -0.39 is 0 Å². The summed E-state index contributed by atoms with van der Waals surface area (Å²) in [5, 5.41) is 3.36. The van der Waals surface area contributed by atoms with Crippen LogP contribution < -0.4 is 5.32 Å². The highest BCUT2D eigenvalue weighted by atomic mass is 35.5. The van der Waals surface area contributed by atoms with Crippen molar-refractivity contribution < 1.29 is 4.79 Å². The number of nitrogens with zero attached hydrogens (tertiary/aromatic N) is 1. The number of carbonyl (C=O) groups excluding carboxylic acids is 1. The smallest absolute Gasteiger partial charge is 0.254 e. The summed E-state index contributed by atoms with van der Waals surface area (Å²) >= 11 is 0. The van der Waals surface area contributed by atoms with Crippen molar-refractivity contribution in [3.63, 3.8) is 0 Å². The van der Waals surface area contributed by atoms with Gasteiger partial charge in [-0.05, 0) is 37.4 Å². The normalized spacial score (nSPS) is 18.5. The molecule has 1 amide bonds. The van der Waals surface area contributed by atoms with Gasteiger partial charge in [-0.15, -0.1) is 12.4 Å². The van der Waals surface area contributed by atoms with Crippen molar-refractivity contribution >= 4 is 18.3 Å². The van der Waals surface area contributed by atoms with Crippen LogP contribution in [0.3, 0.4) is 0 Å². The number of hydrogen-bond donors (Lipinski definition) is 1. The van der Waals surface area contributed by atoms with Crippen molar-refractivity contribution in [2.45, 2.75) is 32.2 Å². The molecule has 0 unspecified atom stereocenters. The average molecular weight is 283 g/mol. The maximum absolute atomic E-state index is 12.5. The summed E-state index contributed by atoms with van der Waals surface area (Å²) in [7, 11) is 1.92. The second-order valence-corrected chi connectivity index (χ2v) is 4.93. The van der Waals surface area contributed by atoms with Gasteiger partial charge in [-0.2, -0.15) is 0 Å². The molecule has 1 aromatic rings. The molecule has 0 aromatic heterocycles. The summed E-state index contributed by atoms with van der Waals surface area (Å²) in [6.45, 7) is 4.08. The molecule has 1 fully saturated rings. The van der Waals surface area contributed by atoms with Crippen molar-refractivity contribution in [2.24, 2.45) is 0 Å². The summed E-state index contributed by atoms with van der Waals surface area (Å²) in [4.78, 5) is 14.4. The minimum atomic E-state index is 0. The molecule has 1 heterocycles. The number of piperidine rings is 1. The van der Waals surface area contributed by atoms with Crippen molar-refractivity contribution in [3.05, 3.63) is 35.4 Å². The molecule has 0 bridgehead atoms. The molecule has 0 spiro atoms. The number of rotatable bonds is 3. The van der Waals surface area contributed by atoms with Gasteiger partial charge < -0.3 is 10.2 Å². The van der Waals surface area contributed by atoms with Crippen LogP contribution in [0.5, 0.6) is 0 Å². The molecule has 4 heteroatoms. The Hall–Kier alpha value is -1.06. The van der Waals surface area contributed by atoms with Crippen LogP contribution >= 0.6 is 12.4 Å².